The molecule has 0 fully saturated rings. The van der Waals surface area contributed by atoms with E-state index in [0.29, 0.717) is 13.1 Å². The third-order valence-corrected chi connectivity index (χ3v) is 2.73. The van der Waals surface area contributed by atoms with Gasteiger partial charge in [0.05, 0.1) is 0 Å². The highest BCUT2D eigenvalue weighted by atomic mass is 16.4. The third-order valence-electron chi connectivity index (χ3n) is 2.73. The SMILES string of the molecule is CC(CNC(=O)N(C)Cc1ccccc1)CC(=O)O. The fourth-order valence-electron chi connectivity index (χ4n) is 1.70. The molecule has 0 spiro atoms. The van der Waals surface area contributed by atoms with Crippen LogP contribution in [0.4, 0.5) is 4.79 Å². The minimum absolute atomic E-state index is 0.0582. The zero-order valence-corrected chi connectivity index (χ0v) is 11.3. The molecule has 1 atom stereocenters. The third kappa shape index (κ3) is 5.90. The minimum Gasteiger partial charge on any atom is -0.481 e. The smallest absolute Gasteiger partial charge is 0.317 e. The molecule has 0 saturated carbocycles. The van der Waals surface area contributed by atoms with Crippen LogP contribution in [0.2, 0.25) is 0 Å². The average Bonchev–Trinajstić information content (AvgIpc) is 2.36. The van der Waals surface area contributed by atoms with Gasteiger partial charge in [-0.15, -0.1) is 0 Å². The Morgan fingerprint density at radius 2 is 1.95 bits per heavy atom. The van der Waals surface area contributed by atoms with E-state index in [-0.39, 0.29) is 18.4 Å². The predicted octanol–water partition coefficient (Wildman–Crippen LogP) is 1.94. The van der Waals surface area contributed by atoms with Crippen LogP contribution >= 0.6 is 0 Å². The number of carboxylic acid groups (broad SMARTS) is 1. The first-order chi connectivity index (χ1) is 8.99. The molecule has 0 aliphatic carbocycles. The topological polar surface area (TPSA) is 69.6 Å². The van der Waals surface area contributed by atoms with E-state index in [4.69, 9.17) is 5.11 Å². The molecule has 1 rings (SSSR count). The van der Waals surface area contributed by atoms with E-state index in [0.717, 1.165) is 5.56 Å². The summed E-state index contributed by atoms with van der Waals surface area (Å²) in [5.74, 6) is -0.925. The number of nitrogens with one attached hydrogen (secondary N) is 1. The molecule has 1 aromatic rings. The second-order valence-electron chi connectivity index (χ2n) is 4.73. The predicted molar refractivity (Wildman–Crippen MR) is 72.7 cm³/mol. The lowest BCUT2D eigenvalue weighted by atomic mass is 10.1. The zero-order valence-electron chi connectivity index (χ0n) is 11.3. The van der Waals surface area contributed by atoms with Crippen molar-refractivity contribution < 1.29 is 14.7 Å². The van der Waals surface area contributed by atoms with Gasteiger partial charge in [-0.3, -0.25) is 4.79 Å². The maximum Gasteiger partial charge on any atom is 0.317 e. The number of rotatable bonds is 6. The van der Waals surface area contributed by atoms with E-state index in [1.165, 1.54) is 0 Å². The molecule has 0 aliphatic heterocycles. The van der Waals surface area contributed by atoms with Gasteiger partial charge in [0.2, 0.25) is 0 Å². The number of urea groups is 1. The van der Waals surface area contributed by atoms with Gasteiger partial charge >= 0.3 is 12.0 Å². The van der Waals surface area contributed by atoms with Crippen molar-refractivity contribution in [1.29, 1.82) is 0 Å². The normalized spacial score (nSPS) is 11.7. The molecular formula is C14H20N2O3. The van der Waals surface area contributed by atoms with E-state index in [9.17, 15) is 9.59 Å². The lowest BCUT2D eigenvalue weighted by Crippen LogP contribution is -2.39. The summed E-state index contributed by atoms with van der Waals surface area (Å²) in [7, 11) is 1.71. The van der Waals surface area contributed by atoms with Gasteiger partial charge in [-0.05, 0) is 11.5 Å². The van der Waals surface area contributed by atoms with E-state index in [1.807, 2.05) is 30.3 Å². The number of carboxylic acids is 1. The summed E-state index contributed by atoms with van der Waals surface area (Å²) in [5, 5.41) is 11.4. The average molecular weight is 264 g/mol. The van der Waals surface area contributed by atoms with Crippen LogP contribution in [0.5, 0.6) is 0 Å². The monoisotopic (exact) mass is 264 g/mol. The second kappa shape index (κ2) is 7.41. The van der Waals surface area contributed by atoms with Crippen molar-refractivity contribution in [2.75, 3.05) is 13.6 Å². The van der Waals surface area contributed by atoms with Gasteiger partial charge in [-0.1, -0.05) is 37.3 Å². The first-order valence-corrected chi connectivity index (χ1v) is 6.23. The Morgan fingerprint density at radius 1 is 1.32 bits per heavy atom. The first kappa shape index (κ1) is 15.0. The maximum atomic E-state index is 11.8. The number of carbonyl (C=O) groups excluding carboxylic acids is 1. The molecule has 0 bridgehead atoms. The fourth-order valence-corrected chi connectivity index (χ4v) is 1.70. The van der Waals surface area contributed by atoms with Crippen LogP contribution in [0.25, 0.3) is 0 Å². The van der Waals surface area contributed by atoms with Crippen LogP contribution < -0.4 is 5.32 Å². The van der Waals surface area contributed by atoms with Crippen molar-refractivity contribution in [3.63, 3.8) is 0 Å². The first-order valence-electron chi connectivity index (χ1n) is 6.23. The summed E-state index contributed by atoms with van der Waals surface area (Å²) in [6.45, 7) is 2.69. The van der Waals surface area contributed by atoms with E-state index < -0.39 is 5.97 Å². The molecule has 5 heteroatoms. The Balaban J connectivity index is 2.35. The fraction of sp³-hybridized carbons (Fsp3) is 0.429. The van der Waals surface area contributed by atoms with E-state index in [2.05, 4.69) is 5.32 Å². The van der Waals surface area contributed by atoms with E-state index >= 15 is 0 Å². The quantitative estimate of drug-likeness (QED) is 0.825. The number of hydrogen-bond donors (Lipinski definition) is 2. The molecule has 104 valence electrons. The van der Waals surface area contributed by atoms with Crippen molar-refractivity contribution in [1.82, 2.24) is 10.2 Å². The highest BCUT2D eigenvalue weighted by Gasteiger charge is 2.12. The van der Waals surface area contributed by atoms with Crippen molar-refractivity contribution in [3.05, 3.63) is 35.9 Å². The molecule has 1 unspecified atom stereocenters. The van der Waals surface area contributed by atoms with E-state index in [1.54, 1.807) is 18.9 Å². The molecule has 5 nitrogen and oxygen atoms in total. The lowest BCUT2D eigenvalue weighted by molar-refractivity contribution is -0.137. The van der Waals surface area contributed by atoms with Crippen molar-refractivity contribution >= 4 is 12.0 Å². The van der Waals surface area contributed by atoms with Crippen molar-refractivity contribution in [2.24, 2.45) is 5.92 Å². The summed E-state index contributed by atoms with van der Waals surface area (Å²) in [5.41, 5.74) is 1.05. The van der Waals surface area contributed by atoms with Gasteiger partial charge in [0, 0.05) is 26.6 Å². The maximum absolute atomic E-state index is 11.8. The zero-order chi connectivity index (χ0) is 14.3. The molecule has 19 heavy (non-hydrogen) atoms. The summed E-state index contributed by atoms with van der Waals surface area (Å²) < 4.78 is 0. The second-order valence-corrected chi connectivity index (χ2v) is 4.73. The number of carbonyl (C=O) groups is 2. The Kier molecular flexibility index (Phi) is 5.85. The van der Waals surface area contributed by atoms with Crippen molar-refractivity contribution in [2.45, 2.75) is 19.9 Å². The molecule has 0 heterocycles. The molecule has 0 saturated heterocycles. The van der Waals surface area contributed by atoms with Gasteiger partial charge in [0.1, 0.15) is 0 Å². The molecular weight excluding hydrogens is 244 g/mol. The summed E-state index contributed by atoms with van der Waals surface area (Å²) in [4.78, 5) is 23.9. The van der Waals surface area contributed by atoms with Crippen molar-refractivity contribution in [3.8, 4) is 0 Å². The van der Waals surface area contributed by atoms with Crippen LogP contribution in [0.1, 0.15) is 18.9 Å². The molecule has 2 amide bonds. The van der Waals surface area contributed by atoms with Gasteiger partial charge in [-0.2, -0.15) is 0 Å². The molecule has 0 aliphatic rings. The van der Waals surface area contributed by atoms with Crippen LogP contribution in [-0.2, 0) is 11.3 Å². The van der Waals surface area contributed by atoms with Gasteiger partial charge in [0.25, 0.3) is 0 Å². The Labute approximate surface area is 113 Å². The van der Waals surface area contributed by atoms with Gasteiger partial charge in [0.15, 0.2) is 0 Å². The summed E-state index contributed by atoms with van der Waals surface area (Å²) in [6, 6.07) is 9.50. The number of hydrogen-bond acceptors (Lipinski definition) is 2. The standard InChI is InChI=1S/C14H20N2O3/c1-11(8-13(17)18)9-15-14(19)16(2)10-12-6-4-3-5-7-12/h3-7,11H,8-10H2,1-2H3,(H,15,19)(H,17,18). The van der Waals surface area contributed by atoms with Crippen LogP contribution in [0.3, 0.4) is 0 Å². The van der Waals surface area contributed by atoms with Gasteiger partial charge < -0.3 is 15.3 Å². The Hall–Kier alpha value is -2.04. The highest BCUT2D eigenvalue weighted by molar-refractivity contribution is 5.74. The molecule has 0 radical (unpaired) electrons. The molecule has 1 aromatic carbocycles. The largest absolute Gasteiger partial charge is 0.481 e. The van der Waals surface area contributed by atoms with Crippen LogP contribution in [0, 0.1) is 5.92 Å². The van der Waals surface area contributed by atoms with Crippen LogP contribution in [-0.4, -0.2) is 35.6 Å². The summed E-state index contributed by atoms with van der Waals surface area (Å²) in [6.07, 6.45) is 0.0582. The lowest BCUT2D eigenvalue weighted by Gasteiger charge is -2.19. The van der Waals surface area contributed by atoms with Gasteiger partial charge in [-0.25, -0.2) is 4.79 Å². The van der Waals surface area contributed by atoms with Crippen LogP contribution in [0.15, 0.2) is 30.3 Å². The number of aliphatic carboxylic acids is 1. The molecule has 0 aromatic heterocycles. The molecule has 2 N–H and O–H groups in total. The Bertz CT molecular complexity index is 420. The minimum atomic E-state index is -0.848. The summed E-state index contributed by atoms with van der Waals surface area (Å²) >= 11 is 0. The Morgan fingerprint density at radius 3 is 2.53 bits per heavy atom. The number of benzene rings is 1. The number of amides is 2. The number of nitrogens with zero attached hydrogens (tertiary/aromatic N) is 1. The highest BCUT2D eigenvalue weighted by Crippen LogP contribution is 2.03.